The Morgan fingerprint density at radius 3 is 1.36 bits per heavy atom. The standard InChI is InChI=1S/C40H50N2O8.C26H38N2O8/c1-27-18-34(47-22-28-12-8-6-9-13-28)35(48-23-29-14-10-7-11-15-29)19-32(27)37(44)49-25-31(50-38(45)33-20-39(33,2)3)21-42-40(4,5)26-41-36(43)30-16-17-46-24-30;1-15-8-20(29)21(30)9-18(15)23(32)35-13-17(36-24(33)19-10-25(19,2)3)11-28-26(4,5)14-27-22(31)16-6-7-34-12-16/h6-15,18-19,30-31,33,42H,16-17,20-26H2,1-5H3,(H,41,43);8-9,16-17,19,28-30H,6-7,10-14H2,1-5H3,(H,27,31). The van der Waals surface area contributed by atoms with Crippen molar-refractivity contribution in [2.24, 2.45) is 34.5 Å². The summed E-state index contributed by atoms with van der Waals surface area (Å²) in [6, 6.07) is 25.4. The van der Waals surface area contributed by atoms with Gasteiger partial charge in [0.2, 0.25) is 11.8 Å². The molecule has 2 heterocycles. The highest BCUT2D eigenvalue weighted by molar-refractivity contribution is 5.93. The number of benzene rings is 4. The van der Waals surface area contributed by atoms with E-state index in [9.17, 15) is 39.0 Å². The van der Waals surface area contributed by atoms with Crippen LogP contribution in [0.3, 0.4) is 0 Å². The van der Waals surface area contributed by atoms with Gasteiger partial charge in [-0.3, -0.25) is 19.2 Å². The molecule has 4 fully saturated rings. The topological polar surface area (TPSA) is 265 Å². The molecule has 2 aliphatic heterocycles. The van der Waals surface area contributed by atoms with Gasteiger partial charge >= 0.3 is 23.9 Å². The number of rotatable bonds is 28. The molecule has 2 aliphatic carbocycles. The number of aromatic hydroxyl groups is 2. The summed E-state index contributed by atoms with van der Waals surface area (Å²) in [4.78, 5) is 76.8. The Hall–Kier alpha value is -7.26. The van der Waals surface area contributed by atoms with Crippen molar-refractivity contribution in [3.8, 4) is 23.0 Å². The van der Waals surface area contributed by atoms with E-state index in [1.54, 1.807) is 19.1 Å². The molecule has 86 heavy (non-hydrogen) atoms. The second-order valence-corrected chi connectivity index (χ2v) is 25.7. The molecule has 2 amide bonds. The van der Waals surface area contributed by atoms with Crippen LogP contribution in [0.4, 0.5) is 0 Å². The summed E-state index contributed by atoms with van der Waals surface area (Å²) in [5.41, 5.74) is 2.20. The minimum Gasteiger partial charge on any atom is -0.504 e. The van der Waals surface area contributed by atoms with E-state index >= 15 is 0 Å². The number of phenols is 2. The van der Waals surface area contributed by atoms with Gasteiger partial charge in [-0.15, -0.1) is 0 Å². The molecule has 468 valence electrons. The van der Waals surface area contributed by atoms with E-state index < -0.39 is 41.0 Å². The third kappa shape index (κ3) is 19.9. The predicted octanol–water partition coefficient (Wildman–Crippen LogP) is 7.83. The Balaban J connectivity index is 0.000000260. The number of esters is 4. The Morgan fingerprint density at radius 2 is 0.965 bits per heavy atom. The maximum Gasteiger partial charge on any atom is 0.338 e. The summed E-state index contributed by atoms with van der Waals surface area (Å²) >= 11 is 0. The van der Waals surface area contributed by atoms with Crippen molar-refractivity contribution in [2.45, 2.75) is 131 Å². The molecule has 6 atom stereocenters. The summed E-state index contributed by atoms with van der Waals surface area (Å²) in [6.07, 6.45) is 1.40. The first-order chi connectivity index (χ1) is 40.7. The monoisotopic (exact) mass is 1190 g/mol. The second-order valence-electron chi connectivity index (χ2n) is 25.7. The largest absolute Gasteiger partial charge is 0.504 e. The van der Waals surface area contributed by atoms with Crippen LogP contribution in [0.5, 0.6) is 23.0 Å². The van der Waals surface area contributed by atoms with Crippen LogP contribution < -0.4 is 30.7 Å². The Labute approximate surface area is 505 Å². The molecule has 2 saturated carbocycles. The van der Waals surface area contributed by atoms with Gasteiger partial charge in [0, 0.05) is 50.5 Å². The van der Waals surface area contributed by atoms with E-state index in [0.717, 1.165) is 30.0 Å². The highest BCUT2D eigenvalue weighted by Crippen LogP contribution is 2.53. The van der Waals surface area contributed by atoms with Crippen molar-refractivity contribution in [1.82, 2.24) is 21.3 Å². The normalized spacial score (nSPS) is 19.7. The van der Waals surface area contributed by atoms with E-state index in [2.05, 4.69) is 21.3 Å². The van der Waals surface area contributed by atoms with Gasteiger partial charge in [0.1, 0.15) is 38.6 Å². The van der Waals surface area contributed by atoms with E-state index in [1.165, 1.54) is 6.07 Å². The number of hydrogen-bond acceptors (Lipinski definition) is 18. The van der Waals surface area contributed by atoms with E-state index in [4.69, 9.17) is 37.9 Å². The van der Waals surface area contributed by atoms with Gasteiger partial charge in [-0.05, 0) is 125 Å². The minimum atomic E-state index is -0.762. The molecule has 6 N–H and O–H groups in total. The van der Waals surface area contributed by atoms with Gasteiger partial charge in [-0.25, -0.2) is 9.59 Å². The minimum absolute atomic E-state index is 0.0378. The number of amides is 2. The highest BCUT2D eigenvalue weighted by atomic mass is 16.6. The molecule has 0 radical (unpaired) electrons. The molecule has 4 aromatic carbocycles. The number of nitrogens with one attached hydrogen (secondary N) is 4. The smallest absolute Gasteiger partial charge is 0.338 e. The fraction of sp³-hybridized carbons (Fsp3) is 0.545. The SMILES string of the molecule is Cc1cc(O)c(O)cc1C(=O)OCC(CNC(C)(C)CNC(=O)C1CCOC1)OC(=O)C1CC1(C)C.Cc1cc(OCc2ccccc2)c(OCc2ccccc2)cc1C(=O)OCC(CNC(C)(C)CNC(=O)C1CCOC1)OC(=O)C1CC1(C)C. The van der Waals surface area contributed by atoms with Gasteiger partial charge < -0.3 is 69.4 Å². The van der Waals surface area contributed by atoms with Crippen molar-refractivity contribution in [1.29, 1.82) is 0 Å². The van der Waals surface area contributed by atoms with Crippen LogP contribution in [-0.4, -0.2) is 135 Å². The fourth-order valence-corrected chi connectivity index (χ4v) is 9.77. The Bertz CT molecular complexity index is 2970. The zero-order valence-electron chi connectivity index (χ0n) is 51.5. The molecule has 0 aromatic heterocycles. The fourth-order valence-electron chi connectivity index (χ4n) is 9.77. The molecule has 2 saturated heterocycles. The van der Waals surface area contributed by atoms with Crippen LogP contribution in [0, 0.1) is 48.3 Å². The average molecular weight is 1190 g/mol. The number of aryl methyl sites for hydroxylation is 2. The lowest BCUT2D eigenvalue weighted by Crippen LogP contribution is -2.53. The van der Waals surface area contributed by atoms with Gasteiger partial charge in [-0.1, -0.05) is 88.4 Å². The van der Waals surface area contributed by atoms with Crippen LogP contribution in [-0.2, 0) is 60.8 Å². The zero-order chi connectivity index (χ0) is 62.4. The number of ether oxygens (including phenoxy) is 8. The van der Waals surface area contributed by atoms with Crippen LogP contribution in [0.15, 0.2) is 84.9 Å². The Kier molecular flexibility index (Phi) is 22.7. The first-order valence-electron chi connectivity index (χ1n) is 29.7. The molecule has 6 unspecified atom stereocenters. The number of carbonyl (C=O) groups is 6. The molecule has 4 aromatic rings. The molecular formula is C66H88N4O16. The summed E-state index contributed by atoms with van der Waals surface area (Å²) in [5.74, 6) is -2.53. The molecule has 0 spiro atoms. The molecule has 4 aliphatic rings. The van der Waals surface area contributed by atoms with Crippen LogP contribution in [0.25, 0.3) is 0 Å². The quantitative estimate of drug-likeness (QED) is 0.0180. The maximum absolute atomic E-state index is 13.6. The summed E-state index contributed by atoms with van der Waals surface area (Å²) in [5, 5.41) is 32.0. The van der Waals surface area contributed by atoms with E-state index in [0.29, 0.717) is 87.2 Å². The summed E-state index contributed by atoms with van der Waals surface area (Å²) in [6.45, 7) is 22.6. The molecule has 0 bridgehead atoms. The molecule has 8 rings (SSSR count). The van der Waals surface area contributed by atoms with Gasteiger partial charge in [0.15, 0.2) is 23.0 Å². The Morgan fingerprint density at radius 1 is 0.581 bits per heavy atom. The molecule has 20 nitrogen and oxygen atoms in total. The third-order valence-corrected chi connectivity index (χ3v) is 16.1. The summed E-state index contributed by atoms with van der Waals surface area (Å²) in [7, 11) is 0. The lowest BCUT2D eigenvalue weighted by molar-refractivity contribution is -0.154. The van der Waals surface area contributed by atoms with Crippen molar-refractivity contribution >= 4 is 35.7 Å². The number of hydrogen-bond donors (Lipinski definition) is 6. The second kappa shape index (κ2) is 29.4. The zero-order valence-corrected chi connectivity index (χ0v) is 51.5. The van der Waals surface area contributed by atoms with Gasteiger partial charge in [0.05, 0.1) is 48.0 Å². The van der Waals surface area contributed by atoms with Crippen molar-refractivity contribution < 1.29 is 76.9 Å². The highest BCUT2D eigenvalue weighted by Gasteiger charge is 2.53. The van der Waals surface area contributed by atoms with Crippen molar-refractivity contribution in [2.75, 3.05) is 65.8 Å². The van der Waals surface area contributed by atoms with Crippen LogP contribution in [0.2, 0.25) is 0 Å². The van der Waals surface area contributed by atoms with Crippen molar-refractivity contribution in [3.63, 3.8) is 0 Å². The first-order valence-corrected chi connectivity index (χ1v) is 29.7. The van der Waals surface area contributed by atoms with E-state index in [1.807, 2.05) is 123 Å². The molecular weight excluding hydrogens is 1100 g/mol. The van der Waals surface area contributed by atoms with Crippen molar-refractivity contribution in [3.05, 3.63) is 118 Å². The third-order valence-electron chi connectivity index (χ3n) is 16.1. The van der Waals surface area contributed by atoms with E-state index in [-0.39, 0.29) is 102 Å². The number of carbonyl (C=O) groups excluding carboxylic acids is 6. The maximum atomic E-state index is 13.6. The van der Waals surface area contributed by atoms with Gasteiger partial charge in [-0.2, -0.15) is 0 Å². The summed E-state index contributed by atoms with van der Waals surface area (Å²) < 4.78 is 45.8. The average Bonchev–Trinajstić information content (AvgIpc) is 1.90. The van der Waals surface area contributed by atoms with Crippen LogP contribution >= 0.6 is 0 Å². The first kappa shape index (κ1) is 66.3. The number of phenolic OH excluding ortho intramolecular Hbond substituents is 2. The van der Waals surface area contributed by atoms with Crippen LogP contribution in [0.1, 0.15) is 124 Å². The molecule has 20 heteroatoms. The van der Waals surface area contributed by atoms with Gasteiger partial charge in [0.25, 0.3) is 0 Å². The predicted molar refractivity (Wildman–Crippen MR) is 319 cm³/mol. The lowest BCUT2D eigenvalue weighted by atomic mass is 10.0. The lowest BCUT2D eigenvalue weighted by Gasteiger charge is -2.29.